The molecule has 0 aliphatic heterocycles. The van der Waals surface area contributed by atoms with Gasteiger partial charge in [0, 0.05) is 0 Å². The molecule has 0 amide bonds. The lowest BCUT2D eigenvalue weighted by atomic mass is 10.1. The first-order chi connectivity index (χ1) is 11.3. The third kappa shape index (κ3) is 12.3. The predicted molar refractivity (Wildman–Crippen MR) is 90.4 cm³/mol. The molecule has 0 fully saturated rings. The van der Waals surface area contributed by atoms with Crippen molar-refractivity contribution in [1.82, 2.24) is 0 Å². The Bertz CT molecular complexity index is 459. The zero-order valence-corrected chi connectivity index (χ0v) is 15.2. The molecular formula is C16H30O7S. The van der Waals surface area contributed by atoms with Crippen LogP contribution < -0.4 is 0 Å². The number of hydrogen-bond donors (Lipinski definition) is 2. The highest BCUT2D eigenvalue weighted by Crippen LogP contribution is 2.11. The quantitative estimate of drug-likeness (QED) is 0.259. The molecule has 0 saturated carbocycles. The van der Waals surface area contributed by atoms with Gasteiger partial charge in [-0.3, -0.25) is 14.1 Å². The molecule has 0 saturated heterocycles. The standard InChI is InChI=1S/C16H30O7S/c1-2-3-4-5-6-7-8-9-10-11-12-23-15(17)13-14(16(18)19)24(20,21)22/h14H,2-13H2,1H3,(H,18,19)(H,20,21,22)/t14-/m1/s1. The third-order valence-electron chi connectivity index (χ3n) is 3.75. The zero-order chi connectivity index (χ0) is 18.4. The largest absolute Gasteiger partial charge is 0.480 e. The number of hydrogen-bond acceptors (Lipinski definition) is 5. The van der Waals surface area contributed by atoms with Crippen LogP contribution in [0.1, 0.15) is 77.6 Å². The van der Waals surface area contributed by atoms with Crippen molar-refractivity contribution in [3.8, 4) is 0 Å². The molecule has 0 aromatic heterocycles. The highest BCUT2D eigenvalue weighted by molar-refractivity contribution is 7.87. The molecule has 24 heavy (non-hydrogen) atoms. The van der Waals surface area contributed by atoms with Crippen molar-refractivity contribution in [1.29, 1.82) is 0 Å². The first-order valence-electron chi connectivity index (χ1n) is 8.63. The molecule has 0 spiro atoms. The molecule has 7 nitrogen and oxygen atoms in total. The molecule has 0 aliphatic rings. The SMILES string of the molecule is CCCCCCCCCCCCOC(=O)C[C@H](C(=O)O)S(=O)(=O)O. The minimum atomic E-state index is -4.81. The molecule has 0 aliphatic carbocycles. The van der Waals surface area contributed by atoms with Gasteiger partial charge in [-0.15, -0.1) is 0 Å². The molecule has 0 bridgehead atoms. The molecule has 0 aromatic carbocycles. The normalized spacial score (nSPS) is 12.8. The van der Waals surface area contributed by atoms with E-state index in [1.807, 2.05) is 0 Å². The topological polar surface area (TPSA) is 118 Å². The van der Waals surface area contributed by atoms with E-state index in [2.05, 4.69) is 6.92 Å². The van der Waals surface area contributed by atoms with Crippen LogP contribution in [-0.4, -0.2) is 41.9 Å². The number of carbonyl (C=O) groups excluding carboxylic acids is 1. The van der Waals surface area contributed by atoms with E-state index in [4.69, 9.17) is 14.4 Å². The van der Waals surface area contributed by atoms with Gasteiger partial charge >= 0.3 is 11.9 Å². The Morgan fingerprint density at radius 2 is 1.38 bits per heavy atom. The predicted octanol–water partition coefficient (Wildman–Crippen LogP) is 3.18. The van der Waals surface area contributed by atoms with Crippen LogP contribution in [0, 0.1) is 0 Å². The van der Waals surface area contributed by atoms with Crippen molar-refractivity contribution >= 4 is 22.1 Å². The van der Waals surface area contributed by atoms with E-state index in [-0.39, 0.29) is 6.61 Å². The van der Waals surface area contributed by atoms with Crippen LogP contribution in [0.25, 0.3) is 0 Å². The lowest BCUT2D eigenvalue weighted by molar-refractivity contribution is -0.147. The van der Waals surface area contributed by atoms with Crippen molar-refractivity contribution in [3.05, 3.63) is 0 Å². The Hall–Kier alpha value is -1.15. The Kier molecular flexibility index (Phi) is 12.5. The minimum Gasteiger partial charge on any atom is -0.480 e. The molecule has 0 rings (SSSR count). The summed E-state index contributed by atoms with van der Waals surface area (Å²) in [6, 6.07) is 0. The number of carbonyl (C=O) groups is 2. The molecule has 0 unspecified atom stereocenters. The second kappa shape index (κ2) is 13.2. The average molecular weight is 366 g/mol. The molecule has 0 radical (unpaired) electrons. The molecular weight excluding hydrogens is 336 g/mol. The van der Waals surface area contributed by atoms with Gasteiger partial charge in [-0.25, -0.2) is 0 Å². The van der Waals surface area contributed by atoms with E-state index in [0.717, 1.165) is 19.3 Å². The van der Waals surface area contributed by atoms with E-state index in [1.165, 1.54) is 38.5 Å². The van der Waals surface area contributed by atoms with E-state index in [0.29, 0.717) is 6.42 Å². The fourth-order valence-corrected chi connectivity index (χ4v) is 2.91. The Morgan fingerprint density at radius 3 is 1.79 bits per heavy atom. The van der Waals surface area contributed by atoms with Gasteiger partial charge < -0.3 is 9.84 Å². The van der Waals surface area contributed by atoms with Gasteiger partial charge in [0.15, 0.2) is 5.25 Å². The Labute approximate surface area is 144 Å². The fraction of sp³-hybridized carbons (Fsp3) is 0.875. The van der Waals surface area contributed by atoms with Crippen molar-refractivity contribution in [2.75, 3.05) is 6.61 Å². The van der Waals surface area contributed by atoms with E-state index >= 15 is 0 Å². The smallest absolute Gasteiger partial charge is 0.325 e. The first kappa shape index (κ1) is 22.9. The summed E-state index contributed by atoms with van der Waals surface area (Å²) in [6.07, 6.45) is 10.5. The van der Waals surface area contributed by atoms with E-state index in [9.17, 15) is 18.0 Å². The van der Waals surface area contributed by atoms with Crippen LogP contribution in [0.4, 0.5) is 0 Å². The van der Waals surface area contributed by atoms with Gasteiger partial charge in [-0.1, -0.05) is 64.7 Å². The number of ether oxygens (including phenoxy) is 1. The summed E-state index contributed by atoms with van der Waals surface area (Å²) in [5.41, 5.74) is 0. The van der Waals surface area contributed by atoms with Crippen molar-refractivity contribution in [2.45, 2.75) is 82.8 Å². The first-order valence-corrected chi connectivity index (χ1v) is 10.1. The van der Waals surface area contributed by atoms with Gasteiger partial charge in [-0.2, -0.15) is 8.42 Å². The maximum absolute atomic E-state index is 11.4. The van der Waals surface area contributed by atoms with Crippen molar-refractivity contribution < 1.29 is 32.4 Å². The van der Waals surface area contributed by atoms with Crippen LogP contribution in [0.3, 0.4) is 0 Å². The number of esters is 1. The number of rotatable bonds is 15. The molecule has 2 N–H and O–H groups in total. The molecule has 142 valence electrons. The maximum atomic E-state index is 11.4. The second-order valence-corrected chi connectivity index (χ2v) is 7.55. The molecule has 0 aromatic rings. The summed E-state index contributed by atoms with van der Waals surface area (Å²) in [7, 11) is -4.81. The lowest BCUT2D eigenvalue weighted by Crippen LogP contribution is -2.32. The molecule has 1 atom stereocenters. The van der Waals surface area contributed by atoms with Crippen LogP contribution in [0.5, 0.6) is 0 Å². The number of carboxylic acid groups (broad SMARTS) is 1. The summed E-state index contributed by atoms with van der Waals surface area (Å²) in [6.45, 7) is 2.32. The number of unbranched alkanes of at least 4 members (excludes halogenated alkanes) is 9. The van der Waals surface area contributed by atoms with Gasteiger partial charge in [0.25, 0.3) is 10.1 Å². The fourth-order valence-electron chi connectivity index (χ4n) is 2.31. The summed E-state index contributed by atoms with van der Waals surface area (Å²) < 4.78 is 35.2. The van der Waals surface area contributed by atoms with Crippen LogP contribution in [0.2, 0.25) is 0 Å². The average Bonchev–Trinajstić information content (AvgIpc) is 2.48. The monoisotopic (exact) mass is 366 g/mol. The molecule has 8 heteroatoms. The highest BCUT2D eigenvalue weighted by Gasteiger charge is 2.33. The van der Waals surface area contributed by atoms with E-state index in [1.54, 1.807) is 0 Å². The number of carboxylic acids is 1. The van der Waals surface area contributed by atoms with Crippen LogP contribution >= 0.6 is 0 Å². The maximum Gasteiger partial charge on any atom is 0.325 e. The second-order valence-electron chi connectivity index (χ2n) is 5.95. The van der Waals surface area contributed by atoms with Crippen LogP contribution in [-0.2, 0) is 24.4 Å². The Morgan fingerprint density at radius 1 is 0.917 bits per heavy atom. The van der Waals surface area contributed by atoms with Gasteiger partial charge in [-0.05, 0) is 6.42 Å². The van der Waals surface area contributed by atoms with Gasteiger partial charge in [0.2, 0.25) is 0 Å². The lowest BCUT2D eigenvalue weighted by Gasteiger charge is -2.09. The number of aliphatic carboxylic acids is 1. The summed E-state index contributed by atoms with van der Waals surface area (Å²) in [5, 5.41) is 6.50. The summed E-state index contributed by atoms with van der Waals surface area (Å²) >= 11 is 0. The van der Waals surface area contributed by atoms with Crippen LogP contribution in [0.15, 0.2) is 0 Å². The Balaban J connectivity index is 3.64. The molecule has 0 heterocycles. The van der Waals surface area contributed by atoms with Gasteiger partial charge in [0.05, 0.1) is 13.0 Å². The van der Waals surface area contributed by atoms with Gasteiger partial charge in [0.1, 0.15) is 0 Å². The zero-order valence-electron chi connectivity index (χ0n) is 14.4. The van der Waals surface area contributed by atoms with E-state index < -0.39 is 33.7 Å². The summed E-state index contributed by atoms with van der Waals surface area (Å²) in [5.74, 6) is -2.70. The van der Waals surface area contributed by atoms with Crippen molar-refractivity contribution in [2.24, 2.45) is 0 Å². The minimum absolute atomic E-state index is 0.132. The van der Waals surface area contributed by atoms with Crippen molar-refractivity contribution in [3.63, 3.8) is 0 Å². The third-order valence-corrected chi connectivity index (χ3v) is 4.84. The summed E-state index contributed by atoms with van der Waals surface area (Å²) in [4.78, 5) is 22.1. The highest BCUT2D eigenvalue weighted by atomic mass is 32.2.